The number of carbonyl (C=O) groups excluding carboxylic acids is 1. The molecule has 1 fully saturated rings. The molecule has 0 radical (unpaired) electrons. The van der Waals surface area contributed by atoms with E-state index in [9.17, 15) is 9.59 Å². The maximum atomic E-state index is 12.6. The van der Waals surface area contributed by atoms with Gasteiger partial charge in [-0.2, -0.15) is 0 Å². The molecule has 0 saturated carbocycles. The van der Waals surface area contributed by atoms with Crippen LogP contribution in [0.1, 0.15) is 20.3 Å². The highest BCUT2D eigenvalue weighted by molar-refractivity contribution is 5.98. The van der Waals surface area contributed by atoms with E-state index in [1.54, 1.807) is 23.2 Å². The van der Waals surface area contributed by atoms with E-state index >= 15 is 0 Å². The fourth-order valence-corrected chi connectivity index (χ4v) is 4.31. The van der Waals surface area contributed by atoms with Crippen molar-refractivity contribution in [2.24, 2.45) is 20.0 Å². The molecule has 1 aromatic heterocycles. The molecule has 3 aromatic rings. The van der Waals surface area contributed by atoms with Crippen LogP contribution < -0.4 is 20.8 Å². The van der Waals surface area contributed by atoms with Gasteiger partial charge in [0.15, 0.2) is 0 Å². The van der Waals surface area contributed by atoms with Gasteiger partial charge in [-0.05, 0) is 30.2 Å². The van der Waals surface area contributed by atoms with Gasteiger partial charge in [-0.25, -0.2) is 4.79 Å². The monoisotopic (exact) mass is 421 g/mol. The minimum atomic E-state index is -0.0690. The maximum Gasteiger partial charge on any atom is 0.328 e. The van der Waals surface area contributed by atoms with Crippen molar-refractivity contribution in [1.29, 1.82) is 0 Å². The number of anilines is 3. The van der Waals surface area contributed by atoms with Crippen molar-refractivity contribution < 1.29 is 4.79 Å². The van der Waals surface area contributed by atoms with E-state index in [-0.39, 0.29) is 17.5 Å². The van der Waals surface area contributed by atoms with Gasteiger partial charge in [-0.1, -0.05) is 32.0 Å². The molecule has 31 heavy (non-hydrogen) atoms. The Bertz CT molecular complexity index is 1140. The highest BCUT2D eigenvalue weighted by atomic mass is 16.2. The summed E-state index contributed by atoms with van der Waals surface area (Å²) in [5, 5.41) is 3.11. The van der Waals surface area contributed by atoms with Crippen molar-refractivity contribution >= 4 is 34.0 Å². The number of aryl methyl sites for hydroxylation is 2. The SMILES string of the molecule is CC(C)CC(=O)Nc1cc2c(cc1N1CCN(c3ccccc3)CC1)n(C)c(=O)n2C. The van der Waals surface area contributed by atoms with Gasteiger partial charge in [-0.3, -0.25) is 13.9 Å². The zero-order chi connectivity index (χ0) is 22.1. The molecule has 1 N–H and O–H groups in total. The fraction of sp³-hybridized carbons (Fsp3) is 0.417. The Morgan fingerprint density at radius 2 is 1.52 bits per heavy atom. The summed E-state index contributed by atoms with van der Waals surface area (Å²) in [5.74, 6) is 0.280. The summed E-state index contributed by atoms with van der Waals surface area (Å²) in [4.78, 5) is 29.7. The Kier molecular flexibility index (Phi) is 5.76. The number of hydrogen-bond donors (Lipinski definition) is 1. The Hall–Kier alpha value is -3.22. The molecule has 0 aliphatic carbocycles. The number of nitrogens with zero attached hydrogens (tertiary/aromatic N) is 4. The number of piperazine rings is 1. The Labute approximate surface area is 182 Å². The van der Waals surface area contributed by atoms with Crippen LogP contribution in [0.5, 0.6) is 0 Å². The molecular formula is C24H31N5O2. The number of benzene rings is 2. The third-order valence-corrected chi connectivity index (χ3v) is 6.00. The van der Waals surface area contributed by atoms with Gasteiger partial charge in [0, 0.05) is 52.4 Å². The lowest BCUT2D eigenvalue weighted by Crippen LogP contribution is -2.46. The zero-order valence-electron chi connectivity index (χ0n) is 18.8. The molecule has 164 valence electrons. The highest BCUT2D eigenvalue weighted by Crippen LogP contribution is 2.32. The van der Waals surface area contributed by atoms with E-state index in [1.165, 1.54) is 5.69 Å². The van der Waals surface area contributed by atoms with Gasteiger partial charge in [-0.15, -0.1) is 0 Å². The molecule has 0 spiro atoms. The molecule has 0 unspecified atom stereocenters. The summed E-state index contributed by atoms with van der Waals surface area (Å²) in [6.07, 6.45) is 0.465. The van der Waals surface area contributed by atoms with Crippen molar-refractivity contribution in [3.63, 3.8) is 0 Å². The molecule has 1 saturated heterocycles. The van der Waals surface area contributed by atoms with E-state index in [2.05, 4.69) is 39.4 Å². The molecule has 2 aromatic carbocycles. The number of rotatable bonds is 5. The molecular weight excluding hydrogens is 390 g/mol. The quantitative estimate of drug-likeness (QED) is 0.687. The second-order valence-corrected chi connectivity index (χ2v) is 8.71. The third-order valence-electron chi connectivity index (χ3n) is 6.00. The molecule has 7 heteroatoms. The second kappa shape index (κ2) is 8.49. The summed E-state index contributed by atoms with van der Waals surface area (Å²) in [7, 11) is 3.56. The smallest absolute Gasteiger partial charge is 0.328 e. The first-order chi connectivity index (χ1) is 14.8. The number of para-hydroxylation sites is 1. The van der Waals surface area contributed by atoms with Gasteiger partial charge in [0.05, 0.1) is 22.4 Å². The Balaban J connectivity index is 1.66. The predicted octanol–water partition coefficient (Wildman–Crippen LogP) is 3.19. The van der Waals surface area contributed by atoms with Crippen LogP contribution in [-0.4, -0.2) is 41.2 Å². The van der Waals surface area contributed by atoms with Crippen molar-refractivity contribution in [2.75, 3.05) is 41.3 Å². The maximum absolute atomic E-state index is 12.6. The first-order valence-corrected chi connectivity index (χ1v) is 10.9. The first kappa shape index (κ1) is 21.0. The molecule has 0 atom stereocenters. The summed E-state index contributed by atoms with van der Waals surface area (Å²) >= 11 is 0. The fourth-order valence-electron chi connectivity index (χ4n) is 4.31. The lowest BCUT2D eigenvalue weighted by Gasteiger charge is -2.38. The summed E-state index contributed by atoms with van der Waals surface area (Å²) in [6, 6.07) is 14.4. The largest absolute Gasteiger partial charge is 0.368 e. The predicted molar refractivity (Wildman–Crippen MR) is 127 cm³/mol. The third kappa shape index (κ3) is 4.17. The Morgan fingerprint density at radius 3 is 2.13 bits per heavy atom. The topological polar surface area (TPSA) is 62.5 Å². The number of amides is 1. The zero-order valence-corrected chi connectivity index (χ0v) is 18.8. The first-order valence-electron chi connectivity index (χ1n) is 10.9. The number of aromatic nitrogens is 2. The van der Waals surface area contributed by atoms with E-state index in [0.717, 1.165) is 48.6 Å². The molecule has 4 rings (SSSR count). The van der Waals surface area contributed by atoms with Crippen LogP contribution in [0.15, 0.2) is 47.3 Å². The van der Waals surface area contributed by atoms with Crippen LogP contribution in [0, 0.1) is 5.92 Å². The minimum Gasteiger partial charge on any atom is -0.368 e. The van der Waals surface area contributed by atoms with Crippen LogP contribution >= 0.6 is 0 Å². The van der Waals surface area contributed by atoms with Crippen LogP contribution in [-0.2, 0) is 18.9 Å². The lowest BCUT2D eigenvalue weighted by atomic mass is 10.1. The van der Waals surface area contributed by atoms with Crippen LogP contribution in [0.3, 0.4) is 0 Å². The van der Waals surface area contributed by atoms with Crippen LogP contribution in [0.2, 0.25) is 0 Å². The summed E-state index contributed by atoms with van der Waals surface area (Å²) in [6.45, 7) is 7.55. The van der Waals surface area contributed by atoms with Crippen molar-refractivity contribution in [2.45, 2.75) is 20.3 Å². The van der Waals surface area contributed by atoms with Crippen molar-refractivity contribution in [3.8, 4) is 0 Å². The molecule has 7 nitrogen and oxygen atoms in total. The van der Waals surface area contributed by atoms with Crippen LogP contribution in [0.4, 0.5) is 17.1 Å². The molecule has 1 aliphatic heterocycles. The van der Waals surface area contributed by atoms with E-state index in [0.29, 0.717) is 6.42 Å². The number of carbonyl (C=O) groups is 1. The van der Waals surface area contributed by atoms with E-state index in [4.69, 9.17) is 0 Å². The van der Waals surface area contributed by atoms with E-state index in [1.807, 2.05) is 32.0 Å². The van der Waals surface area contributed by atoms with Crippen molar-refractivity contribution in [1.82, 2.24) is 9.13 Å². The molecule has 1 aliphatic rings. The highest BCUT2D eigenvalue weighted by Gasteiger charge is 2.22. The standard InChI is InChI=1S/C24H31N5O2/c1-17(2)14-23(30)25-19-15-21-22(27(4)24(31)26(21)3)16-20(19)29-12-10-28(11-13-29)18-8-6-5-7-9-18/h5-9,15-17H,10-14H2,1-4H3,(H,25,30). The number of hydrogen-bond acceptors (Lipinski definition) is 4. The molecule has 1 amide bonds. The second-order valence-electron chi connectivity index (χ2n) is 8.71. The van der Waals surface area contributed by atoms with E-state index < -0.39 is 0 Å². The van der Waals surface area contributed by atoms with Crippen molar-refractivity contribution in [3.05, 3.63) is 52.9 Å². The van der Waals surface area contributed by atoms with Gasteiger partial charge in [0.2, 0.25) is 5.91 Å². The molecule has 2 heterocycles. The lowest BCUT2D eigenvalue weighted by molar-refractivity contribution is -0.116. The normalized spacial score (nSPS) is 14.5. The molecule has 0 bridgehead atoms. The minimum absolute atomic E-state index is 0.000507. The number of fused-ring (bicyclic) bond motifs is 1. The number of nitrogens with one attached hydrogen (secondary N) is 1. The van der Waals surface area contributed by atoms with Gasteiger partial charge >= 0.3 is 5.69 Å². The average Bonchev–Trinajstić information content (AvgIpc) is 2.97. The van der Waals surface area contributed by atoms with Gasteiger partial charge in [0.25, 0.3) is 0 Å². The van der Waals surface area contributed by atoms with Gasteiger partial charge < -0.3 is 15.1 Å². The van der Waals surface area contributed by atoms with Gasteiger partial charge in [0.1, 0.15) is 0 Å². The Morgan fingerprint density at radius 1 is 0.935 bits per heavy atom. The summed E-state index contributed by atoms with van der Waals surface area (Å²) in [5.41, 5.74) is 4.59. The average molecular weight is 422 g/mol. The van der Waals surface area contributed by atoms with Crippen LogP contribution in [0.25, 0.3) is 11.0 Å². The number of imidazole rings is 1. The summed E-state index contributed by atoms with van der Waals surface area (Å²) < 4.78 is 3.29.